The van der Waals surface area contributed by atoms with Crippen LogP contribution in [0.25, 0.3) is 0 Å². The Morgan fingerprint density at radius 3 is 3.00 bits per heavy atom. The Morgan fingerprint density at radius 1 is 1.56 bits per heavy atom. The van der Waals surface area contributed by atoms with Crippen LogP contribution in [0.2, 0.25) is 0 Å². The molecular weight excluding hydrogens is 232 g/mol. The van der Waals surface area contributed by atoms with Gasteiger partial charge < -0.3 is 20.1 Å². The van der Waals surface area contributed by atoms with E-state index >= 15 is 0 Å². The lowest BCUT2D eigenvalue weighted by Gasteiger charge is -2.37. The van der Waals surface area contributed by atoms with E-state index in [1.165, 1.54) is 0 Å². The van der Waals surface area contributed by atoms with Gasteiger partial charge in [0.1, 0.15) is 0 Å². The number of rotatable bonds is 3. The topological polar surface area (TPSA) is 73.5 Å². The first-order valence-corrected chi connectivity index (χ1v) is 6.12. The zero-order valence-electron chi connectivity index (χ0n) is 11.1. The molecule has 0 radical (unpaired) electrons. The number of aryl methyl sites for hydroxylation is 1. The largest absolute Gasteiger partial charge is 0.481 e. The predicted molar refractivity (Wildman–Crippen MR) is 68.9 cm³/mol. The Balaban J connectivity index is 2.25. The van der Waals surface area contributed by atoms with Gasteiger partial charge in [-0.25, -0.2) is 4.98 Å². The van der Waals surface area contributed by atoms with Crippen molar-refractivity contribution in [3.63, 3.8) is 0 Å². The lowest BCUT2D eigenvalue weighted by molar-refractivity contribution is 0.0276. The summed E-state index contributed by atoms with van der Waals surface area (Å²) < 4.78 is 10.8. The van der Waals surface area contributed by atoms with Gasteiger partial charge in [0.2, 0.25) is 11.8 Å². The standard InChI is InChI=1S/C12H20N4O2/c1-8-4-11(17-3)15-12(14-8)16-6-10(5-13)18-7-9(16)2/h4,9-10H,5-7,13H2,1-3H3. The molecule has 2 rings (SSSR count). The van der Waals surface area contributed by atoms with E-state index in [2.05, 4.69) is 21.8 Å². The van der Waals surface area contributed by atoms with Crippen LogP contribution in [0.1, 0.15) is 12.6 Å². The molecule has 18 heavy (non-hydrogen) atoms. The highest BCUT2D eigenvalue weighted by Gasteiger charge is 2.27. The third-order valence-corrected chi connectivity index (χ3v) is 3.05. The molecule has 2 unspecified atom stereocenters. The van der Waals surface area contributed by atoms with E-state index < -0.39 is 0 Å². The monoisotopic (exact) mass is 252 g/mol. The highest BCUT2D eigenvalue weighted by Crippen LogP contribution is 2.20. The fraction of sp³-hybridized carbons (Fsp3) is 0.667. The van der Waals surface area contributed by atoms with Gasteiger partial charge in [0.25, 0.3) is 0 Å². The van der Waals surface area contributed by atoms with Crippen LogP contribution in [0.3, 0.4) is 0 Å². The van der Waals surface area contributed by atoms with Crippen molar-refractivity contribution in [2.75, 3.05) is 31.7 Å². The smallest absolute Gasteiger partial charge is 0.229 e. The summed E-state index contributed by atoms with van der Waals surface area (Å²) in [5, 5.41) is 0. The van der Waals surface area contributed by atoms with Gasteiger partial charge in [-0.1, -0.05) is 0 Å². The molecule has 0 amide bonds. The zero-order chi connectivity index (χ0) is 13.1. The summed E-state index contributed by atoms with van der Waals surface area (Å²) in [5.74, 6) is 1.27. The van der Waals surface area contributed by atoms with Crippen LogP contribution in [0.4, 0.5) is 5.95 Å². The van der Waals surface area contributed by atoms with E-state index in [4.69, 9.17) is 15.2 Å². The minimum absolute atomic E-state index is 0.0382. The Labute approximate surface area is 107 Å². The van der Waals surface area contributed by atoms with E-state index in [1.807, 2.05) is 13.0 Å². The van der Waals surface area contributed by atoms with Gasteiger partial charge in [-0.2, -0.15) is 4.98 Å². The zero-order valence-corrected chi connectivity index (χ0v) is 11.1. The summed E-state index contributed by atoms with van der Waals surface area (Å²) in [6.07, 6.45) is 0.0382. The van der Waals surface area contributed by atoms with Crippen LogP contribution in [-0.4, -0.2) is 48.9 Å². The average Bonchev–Trinajstić information content (AvgIpc) is 2.38. The molecule has 6 nitrogen and oxygen atoms in total. The molecule has 1 saturated heterocycles. The van der Waals surface area contributed by atoms with Gasteiger partial charge in [0, 0.05) is 24.8 Å². The lowest BCUT2D eigenvalue weighted by Crippen LogP contribution is -2.51. The fourth-order valence-corrected chi connectivity index (χ4v) is 2.00. The van der Waals surface area contributed by atoms with E-state index in [-0.39, 0.29) is 12.1 Å². The van der Waals surface area contributed by atoms with Gasteiger partial charge in [-0.15, -0.1) is 0 Å². The molecular formula is C12H20N4O2. The molecule has 2 atom stereocenters. The third-order valence-electron chi connectivity index (χ3n) is 3.05. The van der Waals surface area contributed by atoms with E-state index in [0.717, 1.165) is 5.69 Å². The molecule has 1 aromatic rings. The van der Waals surface area contributed by atoms with Crippen molar-refractivity contribution in [1.82, 2.24) is 9.97 Å². The van der Waals surface area contributed by atoms with Crippen molar-refractivity contribution < 1.29 is 9.47 Å². The minimum Gasteiger partial charge on any atom is -0.481 e. The van der Waals surface area contributed by atoms with Gasteiger partial charge in [0.15, 0.2) is 0 Å². The second kappa shape index (κ2) is 5.49. The van der Waals surface area contributed by atoms with Crippen LogP contribution in [0, 0.1) is 6.92 Å². The molecule has 0 bridgehead atoms. The first kappa shape index (κ1) is 13.0. The van der Waals surface area contributed by atoms with Crippen molar-refractivity contribution in [3.05, 3.63) is 11.8 Å². The highest BCUT2D eigenvalue weighted by atomic mass is 16.5. The van der Waals surface area contributed by atoms with Crippen LogP contribution < -0.4 is 15.4 Å². The Bertz CT molecular complexity index is 413. The van der Waals surface area contributed by atoms with Crippen molar-refractivity contribution >= 4 is 5.95 Å². The number of aromatic nitrogens is 2. The summed E-state index contributed by atoms with van der Waals surface area (Å²) in [4.78, 5) is 11.0. The summed E-state index contributed by atoms with van der Waals surface area (Å²) in [6, 6.07) is 2.05. The number of ether oxygens (including phenoxy) is 2. The normalized spacial score (nSPS) is 24.1. The predicted octanol–water partition coefficient (Wildman–Crippen LogP) is 0.346. The van der Waals surface area contributed by atoms with Crippen LogP contribution in [0.5, 0.6) is 5.88 Å². The summed E-state index contributed by atoms with van der Waals surface area (Å²) in [5.41, 5.74) is 6.55. The van der Waals surface area contributed by atoms with Gasteiger partial charge in [-0.05, 0) is 13.8 Å². The van der Waals surface area contributed by atoms with E-state index in [9.17, 15) is 0 Å². The molecule has 1 aliphatic heterocycles. The molecule has 0 aliphatic carbocycles. The molecule has 1 aromatic heterocycles. The first-order valence-electron chi connectivity index (χ1n) is 6.12. The minimum atomic E-state index is 0.0382. The van der Waals surface area contributed by atoms with E-state index in [0.29, 0.717) is 31.5 Å². The molecule has 0 saturated carbocycles. The third kappa shape index (κ3) is 2.70. The van der Waals surface area contributed by atoms with Crippen molar-refractivity contribution in [1.29, 1.82) is 0 Å². The van der Waals surface area contributed by atoms with Crippen LogP contribution in [0.15, 0.2) is 6.07 Å². The molecule has 2 heterocycles. The van der Waals surface area contributed by atoms with Crippen LogP contribution in [-0.2, 0) is 4.74 Å². The molecule has 1 aliphatic rings. The lowest BCUT2D eigenvalue weighted by atomic mass is 10.2. The van der Waals surface area contributed by atoms with Gasteiger partial charge in [0.05, 0.1) is 25.9 Å². The quantitative estimate of drug-likeness (QED) is 0.836. The highest BCUT2D eigenvalue weighted by molar-refractivity contribution is 5.36. The number of nitrogens with zero attached hydrogens (tertiary/aromatic N) is 3. The summed E-state index contributed by atoms with van der Waals surface area (Å²) >= 11 is 0. The number of hydrogen-bond acceptors (Lipinski definition) is 6. The Morgan fingerprint density at radius 2 is 2.33 bits per heavy atom. The Kier molecular flexibility index (Phi) is 3.98. The maximum Gasteiger partial charge on any atom is 0.229 e. The number of nitrogens with two attached hydrogens (primary N) is 1. The van der Waals surface area contributed by atoms with Crippen molar-refractivity contribution in [3.8, 4) is 5.88 Å². The molecule has 1 fully saturated rings. The van der Waals surface area contributed by atoms with Gasteiger partial charge in [-0.3, -0.25) is 0 Å². The number of hydrogen-bond donors (Lipinski definition) is 1. The summed E-state index contributed by atoms with van der Waals surface area (Å²) in [7, 11) is 1.61. The maximum absolute atomic E-state index is 5.66. The second-order valence-electron chi connectivity index (χ2n) is 4.54. The maximum atomic E-state index is 5.66. The average molecular weight is 252 g/mol. The first-order chi connectivity index (χ1) is 8.63. The fourth-order valence-electron chi connectivity index (χ4n) is 2.00. The molecule has 0 spiro atoms. The van der Waals surface area contributed by atoms with E-state index in [1.54, 1.807) is 7.11 Å². The Hall–Kier alpha value is -1.40. The molecule has 2 N–H and O–H groups in total. The number of morpholine rings is 1. The molecule has 6 heteroatoms. The molecule has 100 valence electrons. The second-order valence-corrected chi connectivity index (χ2v) is 4.54. The SMILES string of the molecule is COc1cc(C)nc(N2CC(CN)OCC2C)n1. The number of methoxy groups -OCH3 is 1. The van der Waals surface area contributed by atoms with Gasteiger partial charge >= 0.3 is 0 Å². The molecule has 0 aromatic carbocycles. The van der Waals surface area contributed by atoms with Crippen molar-refractivity contribution in [2.24, 2.45) is 5.73 Å². The summed E-state index contributed by atoms with van der Waals surface area (Å²) in [6.45, 7) is 5.88. The van der Waals surface area contributed by atoms with Crippen molar-refractivity contribution in [2.45, 2.75) is 26.0 Å². The number of anilines is 1. The van der Waals surface area contributed by atoms with Crippen LogP contribution >= 0.6 is 0 Å².